The summed E-state index contributed by atoms with van der Waals surface area (Å²) in [5, 5.41) is 0. The standard InChI is InChI=1S/C16H20BrNO/c17-16-13-7-4-8-14(10-15(19)9-13)18(16)11-12-5-2-1-3-6-12/h1-3,5-6,13-14,16H,4,7-11H2. The molecular formula is C16H20BrNO. The second kappa shape index (κ2) is 5.76. The van der Waals surface area contributed by atoms with Crippen LogP contribution in [0.15, 0.2) is 30.3 Å². The quantitative estimate of drug-likeness (QED) is 0.611. The highest BCUT2D eigenvalue weighted by Crippen LogP contribution is 2.38. The van der Waals surface area contributed by atoms with Crippen molar-refractivity contribution in [2.45, 2.75) is 49.6 Å². The molecule has 0 saturated carbocycles. The van der Waals surface area contributed by atoms with Crippen molar-refractivity contribution >= 4 is 21.7 Å². The van der Waals surface area contributed by atoms with Gasteiger partial charge in [0.05, 0.1) is 4.95 Å². The van der Waals surface area contributed by atoms with E-state index in [4.69, 9.17) is 0 Å². The minimum atomic E-state index is 0.353. The van der Waals surface area contributed by atoms with Gasteiger partial charge in [-0.05, 0) is 24.3 Å². The van der Waals surface area contributed by atoms with Crippen molar-refractivity contribution in [2.24, 2.45) is 5.92 Å². The number of Topliss-reactive ketones (excluding diaryl/α,β-unsaturated/α-hetero) is 1. The van der Waals surface area contributed by atoms with E-state index < -0.39 is 0 Å². The smallest absolute Gasteiger partial charge is 0.134 e. The zero-order valence-electron chi connectivity index (χ0n) is 11.1. The monoisotopic (exact) mass is 321 g/mol. The Balaban J connectivity index is 1.84. The summed E-state index contributed by atoms with van der Waals surface area (Å²) in [5.41, 5.74) is 1.34. The summed E-state index contributed by atoms with van der Waals surface area (Å²) in [5.74, 6) is 0.943. The molecule has 2 aliphatic heterocycles. The zero-order chi connectivity index (χ0) is 13.2. The molecule has 19 heavy (non-hydrogen) atoms. The molecule has 2 fully saturated rings. The van der Waals surface area contributed by atoms with Crippen LogP contribution in [0.2, 0.25) is 0 Å². The number of ketones is 1. The van der Waals surface area contributed by atoms with Crippen molar-refractivity contribution < 1.29 is 4.79 Å². The molecule has 2 aliphatic rings. The molecule has 0 aliphatic carbocycles. The lowest BCUT2D eigenvalue weighted by molar-refractivity contribution is -0.120. The molecule has 102 valence electrons. The van der Waals surface area contributed by atoms with E-state index in [1.54, 1.807) is 0 Å². The topological polar surface area (TPSA) is 20.3 Å². The second-order valence-corrected chi connectivity index (χ2v) is 6.76. The number of carbonyl (C=O) groups excluding carboxylic acids is 1. The van der Waals surface area contributed by atoms with Gasteiger partial charge in [0.2, 0.25) is 0 Å². The van der Waals surface area contributed by atoms with Crippen LogP contribution in [0.5, 0.6) is 0 Å². The van der Waals surface area contributed by atoms with Crippen LogP contribution >= 0.6 is 15.9 Å². The first-order valence-corrected chi connectivity index (χ1v) is 8.11. The molecule has 2 heterocycles. The summed E-state index contributed by atoms with van der Waals surface area (Å²) >= 11 is 3.87. The van der Waals surface area contributed by atoms with E-state index in [0.29, 0.717) is 22.7 Å². The minimum absolute atomic E-state index is 0.353. The summed E-state index contributed by atoms with van der Waals surface area (Å²) in [6.45, 7) is 0.950. The van der Waals surface area contributed by atoms with E-state index in [-0.39, 0.29) is 0 Å². The maximum absolute atomic E-state index is 12.0. The summed E-state index contributed by atoms with van der Waals surface area (Å²) in [6, 6.07) is 11.0. The fourth-order valence-corrected chi connectivity index (χ4v) is 4.39. The van der Waals surface area contributed by atoms with Crippen molar-refractivity contribution in [1.29, 1.82) is 0 Å². The normalized spacial score (nSPS) is 32.1. The molecule has 3 atom stereocenters. The van der Waals surface area contributed by atoms with Gasteiger partial charge in [-0.2, -0.15) is 0 Å². The summed E-state index contributed by atoms with van der Waals surface area (Å²) in [4.78, 5) is 14.9. The SMILES string of the molecule is O=C1CC2CCCC(C1)N(Cc1ccccc1)C2Br. The van der Waals surface area contributed by atoms with Crippen molar-refractivity contribution in [3.05, 3.63) is 35.9 Å². The lowest BCUT2D eigenvalue weighted by atomic mass is 9.92. The number of hydrogen-bond donors (Lipinski definition) is 0. The highest BCUT2D eigenvalue weighted by atomic mass is 79.9. The van der Waals surface area contributed by atoms with Crippen LogP contribution in [0.1, 0.15) is 37.7 Å². The van der Waals surface area contributed by atoms with Crippen molar-refractivity contribution in [3.63, 3.8) is 0 Å². The third-order valence-electron chi connectivity index (χ3n) is 4.45. The number of halogens is 1. The van der Waals surface area contributed by atoms with Crippen molar-refractivity contribution in [3.8, 4) is 0 Å². The molecule has 2 saturated heterocycles. The molecule has 0 N–H and O–H groups in total. The predicted molar refractivity (Wildman–Crippen MR) is 80.1 cm³/mol. The summed E-state index contributed by atoms with van der Waals surface area (Å²) in [7, 11) is 0. The molecule has 3 rings (SSSR count). The van der Waals surface area contributed by atoms with E-state index in [9.17, 15) is 4.79 Å². The molecule has 3 heteroatoms. The van der Waals surface area contributed by atoms with Gasteiger partial charge < -0.3 is 0 Å². The number of fused-ring (bicyclic) bond motifs is 3. The third kappa shape index (κ3) is 2.92. The van der Waals surface area contributed by atoms with E-state index in [2.05, 4.69) is 51.2 Å². The van der Waals surface area contributed by atoms with E-state index in [1.807, 2.05) is 0 Å². The molecule has 0 aromatic heterocycles. The minimum Gasteiger partial charge on any atom is -0.300 e. The van der Waals surface area contributed by atoms with Crippen LogP contribution < -0.4 is 0 Å². The average molecular weight is 322 g/mol. The van der Waals surface area contributed by atoms with Gasteiger partial charge in [-0.1, -0.05) is 52.7 Å². The lowest BCUT2D eigenvalue weighted by Gasteiger charge is -2.33. The van der Waals surface area contributed by atoms with Gasteiger partial charge in [0.25, 0.3) is 0 Å². The zero-order valence-corrected chi connectivity index (χ0v) is 12.7. The molecule has 0 spiro atoms. The maximum Gasteiger partial charge on any atom is 0.134 e. The molecular weight excluding hydrogens is 302 g/mol. The number of nitrogens with zero attached hydrogens (tertiary/aromatic N) is 1. The van der Waals surface area contributed by atoms with Crippen molar-refractivity contribution in [2.75, 3.05) is 0 Å². The van der Waals surface area contributed by atoms with Crippen LogP contribution in [0, 0.1) is 5.92 Å². The fraction of sp³-hybridized carbons (Fsp3) is 0.562. The largest absolute Gasteiger partial charge is 0.300 e. The van der Waals surface area contributed by atoms with Crippen molar-refractivity contribution in [1.82, 2.24) is 4.90 Å². The summed E-state index contributed by atoms with van der Waals surface area (Å²) in [6.07, 6.45) is 5.11. The molecule has 2 bridgehead atoms. The van der Waals surface area contributed by atoms with Crippen LogP contribution in [-0.2, 0) is 11.3 Å². The van der Waals surface area contributed by atoms with Gasteiger partial charge in [-0.3, -0.25) is 9.69 Å². The Bertz CT molecular complexity index is 447. The highest BCUT2D eigenvalue weighted by Gasteiger charge is 2.38. The Kier molecular flexibility index (Phi) is 4.04. The Hall–Kier alpha value is -0.670. The first-order chi connectivity index (χ1) is 9.24. The third-order valence-corrected chi connectivity index (χ3v) is 5.72. The summed E-state index contributed by atoms with van der Waals surface area (Å²) < 4.78 is 0. The second-order valence-electron chi connectivity index (χ2n) is 5.82. The molecule has 1 aromatic rings. The predicted octanol–water partition coefficient (Wildman–Crippen LogP) is 3.74. The van der Waals surface area contributed by atoms with Gasteiger partial charge >= 0.3 is 0 Å². The maximum atomic E-state index is 12.0. The first kappa shape index (κ1) is 13.3. The molecule has 0 amide bonds. The fourth-order valence-electron chi connectivity index (χ4n) is 3.46. The van der Waals surface area contributed by atoms with Gasteiger partial charge in [-0.15, -0.1) is 0 Å². The Morgan fingerprint density at radius 3 is 2.74 bits per heavy atom. The number of hydrogen-bond acceptors (Lipinski definition) is 2. The van der Waals surface area contributed by atoms with Crippen LogP contribution in [0.25, 0.3) is 0 Å². The van der Waals surface area contributed by atoms with Crippen LogP contribution in [0.3, 0.4) is 0 Å². The first-order valence-electron chi connectivity index (χ1n) is 7.19. The Morgan fingerprint density at radius 1 is 1.16 bits per heavy atom. The number of alkyl halides is 1. The number of benzene rings is 1. The lowest BCUT2D eigenvalue weighted by Crippen LogP contribution is -2.39. The Labute approximate surface area is 123 Å². The Morgan fingerprint density at radius 2 is 1.95 bits per heavy atom. The van der Waals surface area contributed by atoms with Gasteiger partial charge in [0, 0.05) is 25.4 Å². The van der Waals surface area contributed by atoms with Gasteiger partial charge in [-0.25, -0.2) is 0 Å². The number of carbonyl (C=O) groups is 1. The number of rotatable bonds is 2. The molecule has 2 nitrogen and oxygen atoms in total. The van der Waals surface area contributed by atoms with Gasteiger partial charge in [0.15, 0.2) is 0 Å². The molecule has 0 radical (unpaired) electrons. The highest BCUT2D eigenvalue weighted by molar-refractivity contribution is 9.09. The van der Waals surface area contributed by atoms with E-state index >= 15 is 0 Å². The van der Waals surface area contributed by atoms with E-state index in [0.717, 1.165) is 25.8 Å². The average Bonchev–Trinajstić information content (AvgIpc) is 2.59. The van der Waals surface area contributed by atoms with E-state index in [1.165, 1.54) is 18.4 Å². The molecule has 1 aromatic carbocycles. The molecule has 3 unspecified atom stereocenters. The van der Waals surface area contributed by atoms with Crippen LogP contribution in [-0.4, -0.2) is 21.7 Å². The van der Waals surface area contributed by atoms with Gasteiger partial charge in [0.1, 0.15) is 5.78 Å². The van der Waals surface area contributed by atoms with Crippen LogP contribution in [0.4, 0.5) is 0 Å².